The summed E-state index contributed by atoms with van der Waals surface area (Å²) in [5.41, 5.74) is -2.17. The third-order valence-corrected chi connectivity index (χ3v) is 6.58. The minimum atomic E-state index is -4.79. The van der Waals surface area contributed by atoms with E-state index in [1.54, 1.807) is 0 Å². The molecule has 3 nitrogen and oxygen atoms in total. The molecule has 0 atom stereocenters. The lowest BCUT2D eigenvalue weighted by molar-refractivity contribution is -0.276. The van der Waals surface area contributed by atoms with Crippen LogP contribution in [0, 0.1) is 35.1 Å². The van der Waals surface area contributed by atoms with E-state index in [1.807, 2.05) is 6.92 Å². The molecule has 0 radical (unpaired) electrons. The summed E-state index contributed by atoms with van der Waals surface area (Å²) in [7, 11) is 0. The van der Waals surface area contributed by atoms with E-state index in [-0.39, 0.29) is 36.8 Å². The van der Waals surface area contributed by atoms with Gasteiger partial charge in [-0.2, -0.15) is 26.3 Å². The zero-order valence-electron chi connectivity index (χ0n) is 21.2. The van der Waals surface area contributed by atoms with Gasteiger partial charge in [0.05, 0.1) is 12.5 Å². The number of hydrogen-bond acceptors (Lipinski definition) is 3. The van der Waals surface area contributed by atoms with Crippen molar-refractivity contribution in [3.63, 3.8) is 0 Å². The summed E-state index contributed by atoms with van der Waals surface area (Å²) in [6.07, 6.45) is -7.62. The van der Waals surface area contributed by atoms with E-state index in [4.69, 9.17) is 4.74 Å². The highest BCUT2D eigenvalue weighted by Crippen LogP contribution is 2.41. The number of benzene rings is 2. The lowest BCUT2D eigenvalue weighted by Gasteiger charge is -2.33. The third-order valence-electron chi connectivity index (χ3n) is 6.58. The summed E-state index contributed by atoms with van der Waals surface area (Å²) >= 11 is 0. The first-order valence-corrected chi connectivity index (χ1v) is 12.5. The van der Waals surface area contributed by atoms with Gasteiger partial charge >= 0.3 is 18.3 Å². The van der Waals surface area contributed by atoms with Gasteiger partial charge in [0, 0.05) is 12.1 Å². The van der Waals surface area contributed by atoms with Gasteiger partial charge in [-0.05, 0) is 55.7 Å². The lowest BCUT2D eigenvalue weighted by Crippen LogP contribution is -2.35. The highest BCUT2D eigenvalue weighted by Gasteiger charge is 2.43. The first kappa shape index (κ1) is 31.6. The molecule has 1 aliphatic carbocycles. The maximum atomic E-state index is 14.6. The molecule has 222 valence electrons. The molecule has 13 heteroatoms. The van der Waals surface area contributed by atoms with Gasteiger partial charge in [0.15, 0.2) is 23.6 Å². The Morgan fingerprint density at radius 2 is 1.45 bits per heavy atom. The van der Waals surface area contributed by atoms with Crippen LogP contribution in [0.1, 0.15) is 56.6 Å². The average molecular weight is 588 g/mol. The van der Waals surface area contributed by atoms with Crippen LogP contribution in [0.2, 0.25) is 0 Å². The van der Waals surface area contributed by atoms with Crippen molar-refractivity contribution < 1.29 is 58.1 Å². The molecule has 0 spiro atoms. The fourth-order valence-electron chi connectivity index (χ4n) is 4.68. The largest absolute Gasteiger partial charge is 0.453 e. The smallest absolute Gasteiger partial charge is 0.432 e. The summed E-state index contributed by atoms with van der Waals surface area (Å²) in [5, 5.41) is 0. The van der Waals surface area contributed by atoms with Gasteiger partial charge < -0.3 is 14.2 Å². The number of hydrogen-bond donors (Lipinski definition) is 0. The van der Waals surface area contributed by atoms with Crippen molar-refractivity contribution in [1.82, 2.24) is 0 Å². The molecule has 0 unspecified atom stereocenters. The molecule has 2 aromatic rings. The van der Waals surface area contributed by atoms with Crippen molar-refractivity contribution in [3.05, 3.63) is 71.0 Å². The Hall–Kier alpha value is -2.96. The van der Waals surface area contributed by atoms with Crippen molar-refractivity contribution in [2.45, 2.75) is 64.1 Å². The molecule has 0 heterocycles. The van der Waals surface area contributed by atoms with Crippen LogP contribution in [0.3, 0.4) is 0 Å². The van der Waals surface area contributed by atoms with Crippen molar-refractivity contribution in [3.8, 4) is 11.5 Å². The van der Waals surface area contributed by atoms with Crippen LogP contribution in [-0.2, 0) is 17.3 Å². The Morgan fingerprint density at radius 3 is 1.98 bits per heavy atom. The highest BCUT2D eigenvalue weighted by molar-refractivity contribution is 5.36. The molecule has 1 saturated carbocycles. The normalized spacial score (nSPS) is 18.0. The van der Waals surface area contributed by atoms with Crippen molar-refractivity contribution in [1.29, 1.82) is 0 Å². The summed E-state index contributed by atoms with van der Waals surface area (Å²) < 4.78 is 152. The van der Waals surface area contributed by atoms with Crippen LogP contribution in [0.15, 0.2) is 36.6 Å². The third kappa shape index (κ3) is 8.05. The predicted octanol–water partition coefficient (Wildman–Crippen LogP) is 9.25. The number of ether oxygens (including phenoxy) is 3. The molecule has 0 N–H and O–H groups in total. The quantitative estimate of drug-likeness (QED) is 0.183. The van der Waals surface area contributed by atoms with E-state index < -0.39 is 77.6 Å². The van der Waals surface area contributed by atoms with Gasteiger partial charge in [-0.25, -0.2) is 17.6 Å². The lowest BCUT2D eigenvalue weighted by atomic mass is 9.79. The van der Waals surface area contributed by atoms with Crippen molar-refractivity contribution in [2.24, 2.45) is 11.8 Å². The van der Waals surface area contributed by atoms with E-state index >= 15 is 0 Å². The number of rotatable bonds is 12. The van der Waals surface area contributed by atoms with Crippen molar-refractivity contribution in [2.75, 3.05) is 6.61 Å². The fraction of sp³-hybridized carbons (Fsp3) is 0.481. The SMILES string of the molecule is CCCC1CCC(C(F)(F)OCCc2cc(F)c(C(F)(F)Oc3cc(F)c(OC=C(F)F)c(F)c3)c(F)c2)CC1. The molecule has 0 saturated heterocycles. The van der Waals surface area contributed by atoms with Crippen LogP contribution in [0.4, 0.5) is 43.9 Å². The van der Waals surface area contributed by atoms with E-state index in [2.05, 4.69) is 9.47 Å². The molecule has 0 amide bonds. The first-order valence-electron chi connectivity index (χ1n) is 12.5. The van der Waals surface area contributed by atoms with E-state index in [1.165, 1.54) is 0 Å². The fourth-order valence-corrected chi connectivity index (χ4v) is 4.68. The maximum Gasteiger partial charge on any atom is 0.432 e. The van der Waals surface area contributed by atoms with Crippen LogP contribution >= 0.6 is 0 Å². The summed E-state index contributed by atoms with van der Waals surface area (Å²) in [4.78, 5) is 0. The molecule has 1 fully saturated rings. The summed E-state index contributed by atoms with van der Waals surface area (Å²) in [5.74, 6) is -10.3. The zero-order chi connectivity index (χ0) is 29.7. The van der Waals surface area contributed by atoms with Crippen molar-refractivity contribution >= 4 is 0 Å². The second kappa shape index (κ2) is 13.1. The summed E-state index contributed by atoms with van der Waals surface area (Å²) in [6.45, 7) is 1.38. The average Bonchev–Trinajstić information content (AvgIpc) is 2.83. The van der Waals surface area contributed by atoms with Gasteiger partial charge in [-0.1, -0.05) is 19.8 Å². The van der Waals surface area contributed by atoms with Gasteiger partial charge in [0.25, 0.3) is 0 Å². The minimum absolute atomic E-state index is 0.133. The number of halogens is 10. The Balaban J connectivity index is 1.65. The molecule has 0 aliphatic heterocycles. The van der Waals surface area contributed by atoms with E-state index in [9.17, 15) is 43.9 Å². The molecule has 1 aliphatic rings. The second-order valence-corrected chi connectivity index (χ2v) is 9.46. The predicted molar refractivity (Wildman–Crippen MR) is 123 cm³/mol. The maximum absolute atomic E-state index is 14.6. The number of alkyl halides is 4. The Kier molecular flexibility index (Phi) is 10.4. The molecule has 3 rings (SSSR count). The molecule has 0 bridgehead atoms. The standard InChI is InChI=1S/C27H26F10O3/c1-2-3-15-4-6-17(7-5-15)26(34,35)39-9-8-16-10-19(28)24(20(29)11-16)27(36,37)40-18-12-21(30)25(22(31)13-18)38-14-23(32)33/h10-15,17H,2-9H2,1H3. The topological polar surface area (TPSA) is 27.7 Å². The van der Waals surface area contributed by atoms with Gasteiger partial charge in [0.2, 0.25) is 0 Å². The Bertz CT molecular complexity index is 1140. The highest BCUT2D eigenvalue weighted by atomic mass is 19.3. The minimum Gasteiger partial charge on any atom is -0.453 e. The first-order chi connectivity index (χ1) is 18.7. The molecular weight excluding hydrogens is 562 g/mol. The Morgan fingerprint density at radius 1 is 0.875 bits per heavy atom. The van der Waals surface area contributed by atoms with Crippen LogP contribution < -0.4 is 9.47 Å². The zero-order valence-corrected chi connectivity index (χ0v) is 21.2. The Labute approximate surface area is 223 Å². The van der Waals surface area contributed by atoms with E-state index in [0.717, 1.165) is 12.8 Å². The molecule has 40 heavy (non-hydrogen) atoms. The molecule has 0 aromatic heterocycles. The monoisotopic (exact) mass is 588 g/mol. The van der Waals surface area contributed by atoms with Crippen LogP contribution in [-0.4, -0.2) is 12.7 Å². The summed E-state index contributed by atoms with van der Waals surface area (Å²) in [6, 6.07) is 1.22. The van der Waals surface area contributed by atoms with Gasteiger partial charge in [0.1, 0.15) is 22.9 Å². The van der Waals surface area contributed by atoms with E-state index in [0.29, 0.717) is 30.9 Å². The van der Waals surface area contributed by atoms with Gasteiger partial charge in [-0.3, -0.25) is 0 Å². The molecule has 2 aromatic carbocycles. The van der Waals surface area contributed by atoms with Crippen LogP contribution in [0.5, 0.6) is 11.5 Å². The second-order valence-electron chi connectivity index (χ2n) is 9.46. The molecular formula is C27H26F10O3. The van der Waals surface area contributed by atoms with Gasteiger partial charge in [-0.15, -0.1) is 0 Å². The van der Waals surface area contributed by atoms with Crippen LogP contribution in [0.25, 0.3) is 0 Å².